The van der Waals surface area contributed by atoms with Crippen molar-refractivity contribution in [2.45, 2.75) is 139 Å². The highest BCUT2D eigenvalue weighted by molar-refractivity contribution is 5.88. The SMILES string of the molecule is CC(C)=CCCC(C)=CCCC(C)=CCCC(C)=CCCC(C)=CCCC(C)=CCCC(C)=CC(=O)NCC(O)c1ccc(O)c(O)c1. The number of nitrogens with one attached hydrogen (secondary N) is 1. The molecule has 1 aromatic carbocycles. The Bertz CT molecular complexity index is 1350. The van der Waals surface area contributed by atoms with Crippen LogP contribution in [-0.2, 0) is 4.79 Å². The summed E-state index contributed by atoms with van der Waals surface area (Å²) in [6.45, 7) is 17.5. The van der Waals surface area contributed by atoms with Gasteiger partial charge in [-0.2, -0.15) is 0 Å². The first-order valence-corrected chi connectivity index (χ1v) is 17.8. The van der Waals surface area contributed by atoms with Gasteiger partial charge in [-0.25, -0.2) is 0 Å². The van der Waals surface area contributed by atoms with Crippen molar-refractivity contribution in [1.29, 1.82) is 0 Å². The number of carbonyl (C=O) groups is 1. The lowest BCUT2D eigenvalue weighted by Gasteiger charge is -2.12. The highest BCUT2D eigenvalue weighted by Crippen LogP contribution is 2.27. The third-order valence-corrected chi connectivity index (χ3v) is 8.48. The summed E-state index contributed by atoms with van der Waals surface area (Å²) in [6.07, 6.45) is 27.6. The average Bonchev–Trinajstić information content (AvgIpc) is 3.01. The van der Waals surface area contributed by atoms with Crippen LogP contribution < -0.4 is 5.32 Å². The van der Waals surface area contributed by atoms with Gasteiger partial charge < -0.3 is 20.6 Å². The van der Waals surface area contributed by atoms with Crippen molar-refractivity contribution in [3.63, 3.8) is 0 Å². The Morgan fingerprint density at radius 2 is 0.958 bits per heavy atom. The summed E-state index contributed by atoms with van der Waals surface area (Å²) in [4.78, 5) is 12.3. The van der Waals surface area contributed by atoms with E-state index in [9.17, 15) is 20.1 Å². The lowest BCUT2D eigenvalue weighted by molar-refractivity contribution is -0.117. The summed E-state index contributed by atoms with van der Waals surface area (Å²) in [7, 11) is 0. The summed E-state index contributed by atoms with van der Waals surface area (Å²) in [5.74, 6) is -0.816. The summed E-state index contributed by atoms with van der Waals surface area (Å²) in [5.41, 5.74) is 10.1. The van der Waals surface area contributed by atoms with Crippen molar-refractivity contribution < 1.29 is 20.1 Å². The summed E-state index contributed by atoms with van der Waals surface area (Å²) < 4.78 is 0. The number of amides is 1. The van der Waals surface area contributed by atoms with E-state index in [1.165, 1.54) is 58.1 Å². The smallest absolute Gasteiger partial charge is 0.244 e. The second-order valence-electron chi connectivity index (χ2n) is 13.8. The Labute approximate surface area is 292 Å². The molecule has 0 aromatic heterocycles. The maximum Gasteiger partial charge on any atom is 0.244 e. The third kappa shape index (κ3) is 21.3. The standard InChI is InChI=1S/C43H65NO4/c1-32(2)15-9-16-33(3)17-10-18-34(4)19-11-20-35(5)21-12-22-36(6)23-13-24-37(7)25-14-26-38(8)29-43(48)44-31-42(47)39-27-28-40(45)41(46)30-39/h15,17,19,21,23,25,27-30,42,45-47H,9-14,16,18,20,22,24,26,31H2,1-8H3,(H,44,48). The van der Waals surface area contributed by atoms with Gasteiger partial charge in [-0.1, -0.05) is 81.5 Å². The van der Waals surface area contributed by atoms with E-state index in [-0.39, 0.29) is 24.0 Å². The molecule has 1 aromatic rings. The lowest BCUT2D eigenvalue weighted by atomic mass is 10.0. The van der Waals surface area contributed by atoms with E-state index in [0.717, 1.165) is 76.2 Å². The van der Waals surface area contributed by atoms with Crippen molar-refractivity contribution in [3.8, 4) is 11.5 Å². The van der Waals surface area contributed by atoms with Gasteiger partial charge in [0.25, 0.3) is 0 Å². The zero-order valence-electron chi connectivity index (χ0n) is 31.3. The van der Waals surface area contributed by atoms with Crippen molar-refractivity contribution in [2.24, 2.45) is 0 Å². The summed E-state index contributed by atoms with van der Waals surface area (Å²) in [6, 6.07) is 4.11. The van der Waals surface area contributed by atoms with Crippen LogP contribution in [0.25, 0.3) is 0 Å². The van der Waals surface area contributed by atoms with Crippen LogP contribution >= 0.6 is 0 Å². The van der Waals surface area contributed by atoms with Gasteiger partial charge in [0, 0.05) is 12.6 Å². The van der Waals surface area contributed by atoms with Crippen molar-refractivity contribution >= 4 is 5.91 Å². The molecule has 0 saturated heterocycles. The van der Waals surface area contributed by atoms with Gasteiger partial charge in [0.05, 0.1) is 6.10 Å². The zero-order chi connectivity index (χ0) is 35.9. The van der Waals surface area contributed by atoms with Crippen molar-refractivity contribution in [1.82, 2.24) is 5.32 Å². The maximum absolute atomic E-state index is 12.3. The topological polar surface area (TPSA) is 89.8 Å². The number of aliphatic hydroxyl groups excluding tert-OH is 1. The Kier molecular flexibility index (Phi) is 21.7. The van der Waals surface area contributed by atoms with Crippen LogP contribution in [0.5, 0.6) is 11.5 Å². The molecule has 0 bridgehead atoms. The molecule has 0 spiro atoms. The molecule has 0 aliphatic rings. The highest BCUT2D eigenvalue weighted by Gasteiger charge is 2.11. The molecule has 0 heterocycles. The van der Waals surface area contributed by atoms with E-state index in [2.05, 4.69) is 90.2 Å². The number of hydrogen-bond acceptors (Lipinski definition) is 4. The van der Waals surface area contributed by atoms with Gasteiger partial charge in [0.2, 0.25) is 5.91 Å². The van der Waals surface area contributed by atoms with Crippen LogP contribution in [0, 0.1) is 0 Å². The lowest BCUT2D eigenvalue weighted by Crippen LogP contribution is -2.27. The number of aliphatic hydroxyl groups is 1. The molecule has 266 valence electrons. The summed E-state index contributed by atoms with van der Waals surface area (Å²) in [5, 5.41) is 31.9. The van der Waals surface area contributed by atoms with Gasteiger partial charge in [-0.05, 0) is 150 Å². The van der Waals surface area contributed by atoms with Crippen LogP contribution in [0.2, 0.25) is 0 Å². The van der Waals surface area contributed by atoms with Crippen LogP contribution in [0.4, 0.5) is 0 Å². The molecule has 1 atom stereocenters. The molecule has 1 amide bonds. The van der Waals surface area contributed by atoms with Gasteiger partial charge in [-0.15, -0.1) is 0 Å². The van der Waals surface area contributed by atoms with E-state index < -0.39 is 6.10 Å². The molecular formula is C43H65NO4. The monoisotopic (exact) mass is 659 g/mol. The minimum Gasteiger partial charge on any atom is -0.504 e. The molecular weight excluding hydrogens is 594 g/mol. The fourth-order valence-electron chi connectivity index (χ4n) is 5.24. The van der Waals surface area contributed by atoms with Crippen LogP contribution in [0.1, 0.15) is 144 Å². The molecule has 0 aliphatic carbocycles. The predicted molar refractivity (Wildman–Crippen MR) is 205 cm³/mol. The third-order valence-electron chi connectivity index (χ3n) is 8.48. The number of allylic oxidation sites excluding steroid dienone is 13. The number of hydrogen-bond donors (Lipinski definition) is 4. The molecule has 4 N–H and O–H groups in total. The Morgan fingerprint density at radius 1 is 0.583 bits per heavy atom. The molecule has 48 heavy (non-hydrogen) atoms. The zero-order valence-corrected chi connectivity index (χ0v) is 31.3. The van der Waals surface area contributed by atoms with E-state index in [1.807, 2.05) is 6.92 Å². The first kappa shape index (κ1) is 42.5. The molecule has 0 fully saturated rings. The molecule has 1 unspecified atom stereocenters. The number of benzene rings is 1. The molecule has 1 rings (SSSR count). The first-order chi connectivity index (χ1) is 22.8. The van der Waals surface area contributed by atoms with Gasteiger partial charge >= 0.3 is 0 Å². The maximum atomic E-state index is 12.3. The normalized spacial score (nSPS) is 14.3. The highest BCUT2D eigenvalue weighted by atomic mass is 16.3. The number of carbonyl (C=O) groups excluding carboxylic acids is 1. The first-order valence-electron chi connectivity index (χ1n) is 17.8. The van der Waals surface area contributed by atoms with Crippen LogP contribution in [0.15, 0.2) is 99.7 Å². The predicted octanol–water partition coefficient (Wildman–Crippen LogP) is 11.6. The van der Waals surface area contributed by atoms with E-state index in [4.69, 9.17) is 0 Å². The molecule has 5 nitrogen and oxygen atoms in total. The Balaban J connectivity index is 2.28. The van der Waals surface area contributed by atoms with Gasteiger partial charge in [0.1, 0.15) is 0 Å². The molecule has 0 saturated carbocycles. The largest absolute Gasteiger partial charge is 0.504 e. The molecule has 5 heteroatoms. The number of phenols is 2. The number of rotatable bonds is 22. The van der Waals surface area contributed by atoms with Crippen LogP contribution in [0.3, 0.4) is 0 Å². The van der Waals surface area contributed by atoms with E-state index in [1.54, 1.807) is 6.08 Å². The number of aromatic hydroxyl groups is 2. The molecule has 0 radical (unpaired) electrons. The fraction of sp³-hybridized carbons (Fsp3) is 0.512. The Morgan fingerprint density at radius 3 is 1.33 bits per heavy atom. The quantitative estimate of drug-likeness (QED) is 0.0566. The van der Waals surface area contributed by atoms with E-state index in [0.29, 0.717) is 5.56 Å². The van der Waals surface area contributed by atoms with Gasteiger partial charge in [0.15, 0.2) is 11.5 Å². The van der Waals surface area contributed by atoms with E-state index >= 15 is 0 Å². The minimum atomic E-state index is -0.976. The van der Waals surface area contributed by atoms with Gasteiger partial charge in [-0.3, -0.25) is 4.79 Å². The number of phenolic OH excluding ortho intramolecular Hbond substituents is 2. The second-order valence-corrected chi connectivity index (χ2v) is 13.8. The van der Waals surface area contributed by atoms with Crippen LogP contribution in [-0.4, -0.2) is 27.8 Å². The minimum absolute atomic E-state index is 0.0160. The van der Waals surface area contributed by atoms with Crippen molar-refractivity contribution in [3.05, 3.63) is 105 Å². The Hall–Kier alpha value is -3.57. The molecule has 0 aliphatic heterocycles. The summed E-state index contributed by atoms with van der Waals surface area (Å²) >= 11 is 0. The fourth-order valence-corrected chi connectivity index (χ4v) is 5.24. The average molecular weight is 660 g/mol. The van der Waals surface area contributed by atoms with Crippen molar-refractivity contribution in [2.75, 3.05) is 6.54 Å². The second kappa shape index (κ2) is 24.6.